The van der Waals surface area contributed by atoms with E-state index in [9.17, 15) is 9.18 Å². The molecule has 6 heteroatoms. The Morgan fingerprint density at radius 2 is 2.32 bits per heavy atom. The van der Waals surface area contributed by atoms with Gasteiger partial charge in [0, 0.05) is 25.3 Å². The highest BCUT2D eigenvalue weighted by molar-refractivity contribution is 5.92. The summed E-state index contributed by atoms with van der Waals surface area (Å²) in [5.74, 6) is -0.672. The van der Waals surface area contributed by atoms with Gasteiger partial charge in [-0.1, -0.05) is 17.3 Å². The van der Waals surface area contributed by atoms with Crippen molar-refractivity contribution in [3.8, 4) is 11.3 Å². The van der Waals surface area contributed by atoms with Crippen LogP contribution in [0.25, 0.3) is 11.3 Å². The molecule has 0 bridgehead atoms. The van der Waals surface area contributed by atoms with E-state index in [1.807, 2.05) is 0 Å². The molecule has 19 heavy (non-hydrogen) atoms. The van der Waals surface area contributed by atoms with Crippen molar-refractivity contribution in [2.24, 2.45) is 0 Å². The molecule has 0 fully saturated rings. The molecule has 2 aromatic rings. The van der Waals surface area contributed by atoms with Crippen molar-refractivity contribution in [2.45, 2.75) is 0 Å². The fourth-order valence-electron chi connectivity index (χ4n) is 1.52. The Labute approximate surface area is 109 Å². The van der Waals surface area contributed by atoms with Gasteiger partial charge in [-0.3, -0.25) is 4.79 Å². The molecular weight excluding hydrogens is 251 g/mol. The lowest BCUT2D eigenvalue weighted by atomic mass is 10.1. The quantitative estimate of drug-likeness (QED) is 0.837. The van der Waals surface area contributed by atoms with E-state index in [4.69, 9.17) is 9.26 Å². The van der Waals surface area contributed by atoms with E-state index < -0.39 is 0 Å². The number of amides is 1. The van der Waals surface area contributed by atoms with E-state index in [0.717, 1.165) is 0 Å². The number of nitrogens with zero attached hydrogens (tertiary/aromatic N) is 1. The molecule has 5 nitrogen and oxygen atoms in total. The molecule has 0 aliphatic carbocycles. The molecule has 0 spiro atoms. The standard InChI is InChI=1S/C13H13FN2O3/c1-18-6-5-15-13(17)12-8-11(16-19-12)9-3-2-4-10(14)7-9/h2-4,7-8H,5-6H2,1H3,(H,15,17). The number of carbonyl (C=O) groups is 1. The van der Waals surface area contributed by atoms with Crippen molar-refractivity contribution < 1.29 is 18.4 Å². The molecule has 0 aliphatic rings. The van der Waals surface area contributed by atoms with E-state index in [1.54, 1.807) is 19.2 Å². The zero-order valence-corrected chi connectivity index (χ0v) is 10.4. The van der Waals surface area contributed by atoms with Crippen LogP contribution in [0.4, 0.5) is 4.39 Å². The van der Waals surface area contributed by atoms with Gasteiger partial charge in [0.1, 0.15) is 11.5 Å². The molecule has 1 N–H and O–H groups in total. The third-order valence-corrected chi connectivity index (χ3v) is 2.45. The van der Waals surface area contributed by atoms with Gasteiger partial charge >= 0.3 is 0 Å². The van der Waals surface area contributed by atoms with E-state index in [2.05, 4.69) is 10.5 Å². The number of nitrogens with one attached hydrogen (secondary N) is 1. The van der Waals surface area contributed by atoms with Crippen LogP contribution >= 0.6 is 0 Å². The van der Waals surface area contributed by atoms with Crippen LogP contribution in [0.15, 0.2) is 34.9 Å². The summed E-state index contributed by atoms with van der Waals surface area (Å²) < 4.78 is 22.8. The number of carbonyl (C=O) groups excluding carboxylic acids is 1. The lowest BCUT2D eigenvalue weighted by Gasteiger charge is -1.99. The number of halogens is 1. The predicted molar refractivity (Wildman–Crippen MR) is 66.1 cm³/mol. The van der Waals surface area contributed by atoms with Gasteiger partial charge in [0.05, 0.1) is 6.61 Å². The van der Waals surface area contributed by atoms with Crippen LogP contribution in [0.1, 0.15) is 10.6 Å². The molecule has 0 unspecified atom stereocenters. The first-order chi connectivity index (χ1) is 9.20. The summed E-state index contributed by atoms with van der Waals surface area (Å²) in [6.07, 6.45) is 0. The zero-order chi connectivity index (χ0) is 13.7. The highest BCUT2D eigenvalue weighted by Crippen LogP contribution is 2.19. The van der Waals surface area contributed by atoms with Gasteiger partial charge in [0.25, 0.3) is 5.91 Å². The largest absolute Gasteiger partial charge is 0.383 e. The van der Waals surface area contributed by atoms with Crippen molar-refractivity contribution in [3.63, 3.8) is 0 Å². The molecule has 1 aromatic heterocycles. The van der Waals surface area contributed by atoms with Gasteiger partial charge < -0.3 is 14.6 Å². The molecule has 2 rings (SSSR count). The summed E-state index contributed by atoms with van der Waals surface area (Å²) in [6, 6.07) is 7.38. The maximum atomic E-state index is 13.1. The van der Waals surface area contributed by atoms with Crippen molar-refractivity contribution in [2.75, 3.05) is 20.3 Å². The number of rotatable bonds is 5. The first-order valence-corrected chi connectivity index (χ1v) is 5.70. The Kier molecular flexibility index (Phi) is 4.25. The smallest absolute Gasteiger partial charge is 0.289 e. The third kappa shape index (κ3) is 3.38. The normalized spacial score (nSPS) is 10.4. The van der Waals surface area contributed by atoms with Crippen LogP contribution in [-0.2, 0) is 4.74 Å². The molecule has 1 aromatic carbocycles. The molecule has 0 aliphatic heterocycles. The number of hydrogen-bond acceptors (Lipinski definition) is 4. The average Bonchev–Trinajstić information content (AvgIpc) is 2.88. The van der Waals surface area contributed by atoms with Crippen molar-refractivity contribution in [1.82, 2.24) is 10.5 Å². The maximum Gasteiger partial charge on any atom is 0.289 e. The van der Waals surface area contributed by atoms with E-state index >= 15 is 0 Å². The third-order valence-electron chi connectivity index (χ3n) is 2.45. The number of hydrogen-bond donors (Lipinski definition) is 1. The molecule has 0 radical (unpaired) electrons. The SMILES string of the molecule is COCCNC(=O)c1cc(-c2cccc(F)c2)no1. The Hall–Kier alpha value is -2.21. The van der Waals surface area contributed by atoms with Gasteiger partial charge in [0.2, 0.25) is 5.76 Å². The second-order valence-electron chi connectivity index (χ2n) is 3.84. The summed E-state index contributed by atoms with van der Waals surface area (Å²) in [5.41, 5.74) is 0.969. The van der Waals surface area contributed by atoms with Crippen LogP contribution < -0.4 is 5.32 Å². The second kappa shape index (κ2) is 6.10. The molecular formula is C13H13FN2O3. The lowest BCUT2D eigenvalue weighted by molar-refractivity contribution is 0.0900. The number of methoxy groups -OCH3 is 1. The van der Waals surface area contributed by atoms with Gasteiger partial charge in [-0.2, -0.15) is 0 Å². The van der Waals surface area contributed by atoms with Gasteiger partial charge in [-0.05, 0) is 12.1 Å². The molecule has 0 atom stereocenters. The molecule has 0 saturated heterocycles. The van der Waals surface area contributed by atoms with Gasteiger partial charge in [-0.25, -0.2) is 4.39 Å². The highest BCUT2D eigenvalue weighted by Gasteiger charge is 2.13. The van der Waals surface area contributed by atoms with Crippen LogP contribution in [0.2, 0.25) is 0 Å². The minimum absolute atomic E-state index is 0.0790. The predicted octanol–water partition coefficient (Wildman–Crippen LogP) is 1.86. The molecule has 0 saturated carbocycles. The Morgan fingerprint density at radius 1 is 1.47 bits per heavy atom. The van der Waals surface area contributed by atoms with E-state index in [1.165, 1.54) is 18.2 Å². The average molecular weight is 264 g/mol. The summed E-state index contributed by atoms with van der Waals surface area (Å²) in [4.78, 5) is 11.7. The number of benzene rings is 1. The zero-order valence-electron chi connectivity index (χ0n) is 10.4. The minimum Gasteiger partial charge on any atom is -0.383 e. The topological polar surface area (TPSA) is 64.4 Å². The fourth-order valence-corrected chi connectivity index (χ4v) is 1.52. The van der Waals surface area contributed by atoms with Crippen LogP contribution in [0.3, 0.4) is 0 Å². The fraction of sp³-hybridized carbons (Fsp3) is 0.231. The lowest BCUT2D eigenvalue weighted by Crippen LogP contribution is -2.26. The van der Waals surface area contributed by atoms with Crippen molar-refractivity contribution >= 4 is 5.91 Å². The monoisotopic (exact) mass is 264 g/mol. The summed E-state index contributed by atoms with van der Waals surface area (Å²) in [7, 11) is 1.54. The number of ether oxygens (including phenoxy) is 1. The Morgan fingerprint density at radius 3 is 3.05 bits per heavy atom. The van der Waals surface area contributed by atoms with E-state index in [0.29, 0.717) is 24.4 Å². The summed E-state index contributed by atoms with van der Waals surface area (Å²) >= 11 is 0. The molecule has 1 heterocycles. The van der Waals surface area contributed by atoms with Crippen LogP contribution in [-0.4, -0.2) is 31.3 Å². The van der Waals surface area contributed by atoms with Crippen LogP contribution in [0, 0.1) is 5.82 Å². The van der Waals surface area contributed by atoms with Gasteiger partial charge in [-0.15, -0.1) is 0 Å². The maximum absolute atomic E-state index is 13.1. The molecule has 1 amide bonds. The Bertz CT molecular complexity index is 569. The minimum atomic E-state index is -0.382. The van der Waals surface area contributed by atoms with Crippen molar-refractivity contribution in [3.05, 3.63) is 41.9 Å². The Balaban J connectivity index is 2.08. The molecule has 100 valence electrons. The summed E-state index contributed by atoms with van der Waals surface area (Å²) in [5, 5.41) is 6.35. The first kappa shape index (κ1) is 13.2. The first-order valence-electron chi connectivity index (χ1n) is 5.70. The van der Waals surface area contributed by atoms with Crippen LogP contribution in [0.5, 0.6) is 0 Å². The van der Waals surface area contributed by atoms with Gasteiger partial charge in [0.15, 0.2) is 0 Å². The second-order valence-corrected chi connectivity index (χ2v) is 3.84. The summed E-state index contributed by atoms with van der Waals surface area (Å²) in [6.45, 7) is 0.794. The highest BCUT2D eigenvalue weighted by atomic mass is 19.1. The van der Waals surface area contributed by atoms with E-state index in [-0.39, 0.29) is 17.5 Å². The number of aromatic nitrogens is 1. The van der Waals surface area contributed by atoms with Crippen molar-refractivity contribution in [1.29, 1.82) is 0 Å².